The summed E-state index contributed by atoms with van der Waals surface area (Å²) in [6.07, 6.45) is 1.65. The topological polar surface area (TPSA) is 76.3 Å². The van der Waals surface area contributed by atoms with Crippen molar-refractivity contribution in [3.05, 3.63) is 53.2 Å². The van der Waals surface area contributed by atoms with Gasteiger partial charge in [-0.05, 0) is 50.5 Å². The van der Waals surface area contributed by atoms with Crippen LogP contribution in [-0.4, -0.2) is 24.3 Å². The van der Waals surface area contributed by atoms with Gasteiger partial charge in [0.2, 0.25) is 10.0 Å². The van der Waals surface area contributed by atoms with Crippen LogP contribution < -0.4 is 5.73 Å². The Hall–Kier alpha value is -1.92. The monoisotopic (exact) mass is 331 g/mol. The van der Waals surface area contributed by atoms with Crippen LogP contribution in [0.25, 0.3) is 0 Å². The first-order valence-corrected chi connectivity index (χ1v) is 9.15. The first kappa shape index (κ1) is 16.0. The Kier molecular flexibility index (Phi) is 4.12. The van der Waals surface area contributed by atoms with Crippen LogP contribution >= 0.6 is 0 Å². The molecule has 6 heteroatoms. The third-order valence-electron chi connectivity index (χ3n) is 4.34. The zero-order chi connectivity index (χ0) is 16.6. The van der Waals surface area contributed by atoms with Gasteiger partial charge in [0.05, 0.1) is 10.9 Å². The van der Waals surface area contributed by atoms with Gasteiger partial charge in [-0.3, -0.25) is 0 Å². The Morgan fingerprint density at radius 2 is 1.83 bits per heavy atom. The molecule has 0 aliphatic carbocycles. The summed E-state index contributed by atoms with van der Waals surface area (Å²) < 4.78 is 27.6. The van der Waals surface area contributed by atoms with Crippen LogP contribution in [0.4, 0.5) is 5.82 Å². The van der Waals surface area contributed by atoms with Crippen molar-refractivity contribution in [2.75, 3.05) is 12.3 Å². The minimum Gasteiger partial charge on any atom is -0.384 e. The Labute approximate surface area is 137 Å². The molecule has 0 amide bonds. The highest BCUT2D eigenvalue weighted by Crippen LogP contribution is 2.37. The van der Waals surface area contributed by atoms with Gasteiger partial charge in [0.1, 0.15) is 5.82 Å². The fourth-order valence-electron chi connectivity index (χ4n) is 3.13. The molecule has 1 atom stereocenters. The third kappa shape index (κ3) is 2.96. The highest BCUT2D eigenvalue weighted by atomic mass is 32.2. The number of pyridine rings is 1. The van der Waals surface area contributed by atoms with Gasteiger partial charge in [0.15, 0.2) is 0 Å². The molecule has 2 heterocycles. The summed E-state index contributed by atoms with van der Waals surface area (Å²) in [7, 11) is -3.51. The highest BCUT2D eigenvalue weighted by molar-refractivity contribution is 7.89. The molecule has 1 aliphatic rings. The Morgan fingerprint density at radius 3 is 2.48 bits per heavy atom. The number of rotatable bonds is 3. The first-order chi connectivity index (χ1) is 10.9. The summed E-state index contributed by atoms with van der Waals surface area (Å²) in [6, 6.07) is 10.5. The van der Waals surface area contributed by atoms with Crippen molar-refractivity contribution in [1.82, 2.24) is 9.29 Å². The van der Waals surface area contributed by atoms with Crippen LogP contribution in [0.15, 0.2) is 41.3 Å². The standard InChI is InChI=1S/C17H21N3O2S/c1-12-5-7-14(8-6-12)23(21,22)20-11-3-4-16(20)15-9-10-17(18)19-13(15)2/h5-10,16H,3-4,11H2,1-2H3,(H2,18,19)/t16-/m1/s1. The molecule has 122 valence electrons. The molecular weight excluding hydrogens is 310 g/mol. The van der Waals surface area contributed by atoms with E-state index in [4.69, 9.17) is 5.73 Å². The molecule has 2 N–H and O–H groups in total. The maximum absolute atomic E-state index is 13.0. The number of sulfonamides is 1. The van der Waals surface area contributed by atoms with Crippen LogP contribution in [0.3, 0.4) is 0 Å². The number of benzene rings is 1. The average molecular weight is 331 g/mol. The van der Waals surface area contributed by atoms with Crippen molar-refractivity contribution in [1.29, 1.82) is 0 Å². The van der Waals surface area contributed by atoms with Crippen LogP contribution in [0.5, 0.6) is 0 Å². The summed E-state index contributed by atoms with van der Waals surface area (Å²) in [5.74, 6) is 0.456. The highest BCUT2D eigenvalue weighted by Gasteiger charge is 2.36. The lowest BCUT2D eigenvalue weighted by Crippen LogP contribution is -2.31. The maximum atomic E-state index is 13.0. The van der Waals surface area contributed by atoms with Crippen molar-refractivity contribution in [2.45, 2.75) is 37.6 Å². The van der Waals surface area contributed by atoms with Gasteiger partial charge in [0, 0.05) is 12.2 Å². The van der Waals surface area contributed by atoms with Gasteiger partial charge in [-0.2, -0.15) is 4.31 Å². The molecule has 23 heavy (non-hydrogen) atoms. The molecule has 0 bridgehead atoms. The lowest BCUT2D eigenvalue weighted by atomic mass is 10.0. The Morgan fingerprint density at radius 1 is 1.13 bits per heavy atom. The molecular formula is C17H21N3O2S. The molecule has 1 aliphatic heterocycles. The van der Waals surface area contributed by atoms with E-state index in [0.29, 0.717) is 17.3 Å². The van der Waals surface area contributed by atoms with Crippen molar-refractivity contribution in [3.8, 4) is 0 Å². The summed E-state index contributed by atoms with van der Waals surface area (Å²) >= 11 is 0. The largest absolute Gasteiger partial charge is 0.384 e. The summed E-state index contributed by atoms with van der Waals surface area (Å²) in [4.78, 5) is 4.62. The van der Waals surface area contributed by atoms with E-state index < -0.39 is 10.0 Å². The first-order valence-electron chi connectivity index (χ1n) is 7.71. The van der Waals surface area contributed by atoms with Crippen LogP contribution in [-0.2, 0) is 10.0 Å². The van der Waals surface area contributed by atoms with Gasteiger partial charge in [-0.15, -0.1) is 0 Å². The van der Waals surface area contributed by atoms with Gasteiger partial charge in [-0.1, -0.05) is 23.8 Å². The summed E-state index contributed by atoms with van der Waals surface area (Å²) in [5.41, 5.74) is 8.48. The van der Waals surface area contributed by atoms with E-state index in [1.807, 2.05) is 32.0 Å². The second-order valence-electron chi connectivity index (χ2n) is 6.00. The van der Waals surface area contributed by atoms with Crippen LogP contribution in [0.1, 0.15) is 35.7 Å². The second-order valence-corrected chi connectivity index (χ2v) is 7.89. The third-order valence-corrected chi connectivity index (χ3v) is 6.26. The zero-order valence-corrected chi connectivity index (χ0v) is 14.2. The quantitative estimate of drug-likeness (QED) is 0.938. The van der Waals surface area contributed by atoms with E-state index in [2.05, 4.69) is 4.98 Å². The van der Waals surface area contributed by atoms with E-state index in [-0.39, 0.29) is 6.04 Å². The van der Waals surface area contributed by atoms with E-state index in [1.54, 1.807) is 22.5 Å². The molecule has 1 fully saturated rings. The summed E-state index contributed by atoms with van der Waals surface area (Å²) in [6.45, 7) is 4.35. The summed E-state index contributed by atoms with van der Waals surface area (Å²) in [5, 5.41) is 0. The normalized spacial score (nSPS) is 19.1. The predicted octanol–water partition coefficient (Wildman–Crippen LogP) is 2.81. The minimum atomic E-state index is -3.51. The van der Waals surface area contributed by atoms with E-state index in [9.17, 15) is 8.42 Å². The molecule has 1 saturated heterocycles. The van der Waals surface area contributed by atoms with E-state index >= 15 is 0 Å². The number of aryl methyl sites for hydroxylation is 2. The fraction of sp³-hybridized carbons (Fsp3) is 0.353. The molecule has 3 rings (SSSR count). The minimum absolute atomic E-state index is 0.172. The molecule has 0 unspecified atom stereocenters. The van der Waals surface area contributed by atoms with Crippen molar-refractivity contribution < 1.29 is 8.42 Å². The number of nitrogen functional groups attached to an aromatic ring is 1. The van der Waals surface area contributed by atoms with Gasteiger partial charge in [-0.25, -0.2) is 13.4 Å². The lowest BCUT2D eigenvalue weighted by Gasteiger charge is -2.25. The van der Waals surface area contributed by atoms with Gasteiger partial charge < -0.3 is 5.73 Å². The predicted molar refractivity (Wildman–Crippen MR) is 90.4 cm³/mol. The zero-order valence-electron chi connectivity index (χ0n) is 13.4. The van der Waals surface area contributed by atoms with Gasteiger partial charge >= 0.3 is 0 Å². The van der Waals surface area contributed by atoms with E-state index in [1.165, 1.54) is 0 Å². The smallest absolute Gasteiger partial charge is 0.243 e. The van der Waals surface area contributed by atoms with Crippen molar-refractivity contribution in [3.63, 3.8) is 0 Å². The van der Waals surface area contributed by atoms with E-state index in [0.717, 1.165) is 29.7 Å². The molecule has 5 nitrogen and oxygen atoms in total. The number of hydrogen-bond donors (Lipinski definition) is 1. The molecule has 1 aromatic carbocycles. The SMILES string of the molecule is Cc1ccc(S(=O)(=O)N2CCC[C@@H]2c2ccc(N)nc2C)cc1. The number of hydrogen-bond acceptors (Lipinski definition) is 4. The number of nitrogens with zero attached hydrogens (tertiary/aromatic N) is 2. The Balaban J connectivity index is 1.99. The van der Waals surface area contributed by atoms with Crippen molar-refractivity contribution in [2.24, 2.45) is 0 Å². The molecule has 1 aromatic heterocycles. The molecule has 0 spiro atoms. The average Bonchev–Trinajstić information content (AvgIpc) is 2.97. The Bertz CT molecular complexity index is 816. The second kappa shape index (κ2) is 5.94. The fourth-order valence-corrected chi connectivity index (χ4v) is 4.80. The van der Waals surface area contributed by atoms with Crippen LogP contribution in [0, 0.1) is 13.8 Å². The number of anilines is 1. The molecule has 2 aromatic rings. The van der Waals surface area contributed by atoms with Gasteiger partial charge in [0.25, 0.3) is 0 Å². The van der Waals surface area contributed by atoms with Crippen LogP contribution in [0.2, 0.25) is 0 Å². The molecule has 0 saturated carbocycles. The molecule has 0 radical (unpaired) electrons. The maximum Gasteiger partial charge on any atom is 0.243 e. The number of aromatic nitrogens is 1. The lowest BCUT2D eigenvalue weighted by molar-refractivity contribution is 0.395. The number of nitrogens with two attached hydrogens (primary N) is 1. The van der Waals surface area contributed by atoms with Crippen molar-refractivity contribution >= 4 is 15.8 Å².